The van der Waals surface area contributed by atoms with Crippen molar-refractivity contribution in [3.63, 3.8) is 0 Å². The van der Waals surface area contributed by atoms with E-state index in [0.29, 0.717) is 0 Å². The second kappa shape index (κ2) is 122. The van der Waals surface area contributed by atoms with Crippen molar-refractivity contribution >= 4 is 68.6 Å². The number of aryl methyl sites for hydroxylation is 13. The summed E-state index contributed by atoms with van der Waals surface area (Å²) in [7, 11) is 1.94. The SMILES string of the molecule is CC.CC.CC.CC.CC.CC.CC.CC.CC.CC.CC.CC.CC.Cc1ccno1.Cc1ccns1.Cc1ccon1.Cc1ccsn1.Cc1cnc[nH]1.Cc1cnc[nH]1.Cc1cncs1.Cc1cnoc1.Cc1cnsc1.Cc1cscn1.Cc1ncc[nH]1.Cc1nccs1.Cn1ccnc1. The normalized spacial score (nSPS) is 7.38. The minimum Gasteiger partial charge on any atom is -0.365 e. The lowest BCUT2D eigenvalue weighted by molar-refractivity contribution is 0.397. The number of imidazole rings is 4. The first-order valence-electron chi connectivity index (χ1n) is 36.2. The van der Waals surface area contributed by atoms with Gasteiger partial charge in [-0.2, -0.15) is 4.37 Å². The van der Waals surface area contributed by atoms with Crippen LogP contribution in [0.2, 0.25) is 0 Å². The summed E-state index contributed by atoms with van der Waals surface area (Å²) in [5, 5.41) is 19.5. The molecule has 104 heavy (non-hydrogen) atoms. The fraction of sp³-hybridized carbons (Fsp3) is 0.500. The van der Waals surface area contributed by atoms with Crippen molar-refractivity contribution in [3.8, 4) is 0 Å². The van der Waals surface area contributed by atoms with Crippen molar-refractivity contribution in [1.29, 1.82) is 0 Å². The minimum atomic E-state index is 0.856. The Labute approximate surface area is 659 Å². The number of nitrogens with one attached hydrogen (secondary N) is 3. The van der Waals surface area contributed by atoms with E-state index in [1.807, 2.05) is 338 Å². The van der Waals surface area contributed by atoms with Gasteiger partial charge in [-0.05, 0) is 135 Å². The number of hydrogen-bond acceptors (Lipinski definition) is 22. The molecule has 20 nitrogen and oxygen atoms in total. The molecular weight excluding hydrogens is 1420 g/mol. The molecule has 0 bridgehead atoms. The molecule has 13 aromatic rings. The number of hydrogen-bond donors (Lipinski definition) is 3. The van der Waals surface area contributed by atoms with E-state index in [2.05, 4.69) is 92.0 Å². The first-order chi connectivity index (χ1) is 50.6. The number of rotatable bonds is 0. The lowest BCUT2D eigenvalue weighted by Gasteiger charge is -1.76. The number of nitrogens with zero attached hydrogens (tertiary/aromatic N) is 14. The van der Waals surface area contributed by atoms with Crippen molar-refractivity contribution < 1.29 is 13.6 Å². The van der Waals surface area contributed by atoms with Crippen LogP contribution in [-0.2, 0) is 7.05 Å². The Bertz CT molecular complexity index is 2240. The van der Waals surface area contributed by atoms with Crippen LogP contribution in [0.4, 0.5) is 0 Å². The molecule has 0 spiro atoms. The predicted molar refractivity (Wildman–Crippen MR) is 466 cm³/mol. The number of aromatic amines is 3. The Hall–Kier alpha value is -7.75. The zero-order valence-electron chi connectivity index (χ0n) is 72.0. The molecular formula is C78H147N17O3S6. The highest BCUT2D eigenvalue weighted by Crippen LogP contribution is 2.01. The molecule has 0 aliphatic heterocycles. The summed E-state index contributed by atoms with van der Waals surface area (Å²) in [6.45, 7) is 75.6. The first-order valence-corrected chi connectivity index (χ1v) is 41.3. The molecule has 13 aromatic heterocycles. The molecule has 0 aromatic carbocycles. The summed E-state index contributed by atoms with van der Waals surface area (Å²) in [4.78, 5) is 38.1. The van der Waals surface area contributed by atoms with Gasteiger partial charge in [0.25, 0.3) is 0 Å². The molecule has 0 aliphatic carbocycles. The van der Waals surface area contributed by atoms with Crippen molar-refractivity contribution in [2.45, 2.75) is 263 Å². The first kappa shape index (κ1) is 126. The minimum absolute atomic E-state index is 0.856. The van der Waals surface area contributed by atoms with Crippen molar-refractivity contribution in [2.75, 3.05) is 0 Å². The van der Waals surface area contributed by atoms with E-state index >= 15 is 0 Å². The number of thiazole rings is 3. The second-order valence-electron chi connectivity index (χ2n) is 15.1. The summed E-state index contributed by atoms with van der Waals surface area (Å²) in [5.74, 6) is 1.82. The maximum absolute atomic E-state index is 4.58. The van der Waals surface area contributed by atoms with Gasteiger partial charge in [0, 0.05) is 135 Å². The molecule has 0 aliphatic rings. The lowest BCUT2D eigenvalue weighted by Crippen LogP contribution is -1.76. The van der Waals surface area contributed by atoms with Gasteiger partial charge < -0.3 is 33.1 Å². The third kappa shape index (κ3) is 118. The van der Waals surface area contributed by atoms with Crippen LogP contribution in [0.1, 0.15) is 246 Å². The van der Waals surface area contributed by atoms with Crippen molar-refractivity contribution in [2.24, 2.45) is 7.05 Å². The van der Waals surface area contributed by atoms with Gasteiger partial charge in [-0.1, -0.05) is 195 Å². The van der Waals surface area contributed by atoms with Crippen LogP contribution in [0.15, 0.2) is 176 Å². The van der Waals surface area contributed by atoms with Gasteiger partial charge in [0.15, 0.2) is 0 Å². The maximum atomic E-state index is 4.58. The molecule has 13 heterocycles. The summed E-state index contributed by atoms with van der Waals surface area (Å²) < 4.78 is 27.1. The Morgan fingerprint density at radius 2 is 1.00 bits per heavy atom. The molecule has 0 amide bonds. The summed E-state index contributed by atoms with van der Waals surface area (Å²) in [6, 6.07) is 7.59. The fourth-order valence-corrected chi connectivity index (χ4v) is 6.65. The molecule has 0 saturated heterocycles. The highest BCUT2D eigenvalue weighted by atomic mass is 32.1. The van der Waals surface area contributed by atoms with Crippen LogP contribution < -0.4 is 0 Å². The average molecular weight is 1560 g/mol. The molecule has 26 heteroatoms. The molecule has 0 atom stereocenters. The Morgan fingerprint density at radius 3 is 1.12 bits per heavy atom. The fourth-order valence-electron chi connectivity index (χ4n) is 3.79. The van der Waals surface area contributed by atoms with Crippen LogP contribution in [0.3, 0.4) is 0 Å². The van der Waals surface area contributed by atoms with Gasteiger partial charge in [-0.3, -0.25) is 15.0 Å². The van der Waals surface area contributed by atoms with Gasteiger partial charge in [-0.25, -0.2) is 28.7 Å². The monoisotopic (exact) mass is 1560 g/mol. The Morgan fingerprint density at radius 1 is 0.423 bits per heavy atom. The predicted octanol–water partition coefficient (Wildman–Crippen LogP) is 27.6. The molecule has 13 rings (SSSR count). The van der Waals surface area contributed by atoms with Crippen LogP contribution in [0.25, 0.3) is 0 Å². The molecule has 0 fully saturated rings. The van der Waals surface area contributed by atoms with Gasteiger partial charge in [-0.15, -0.1) is 34.0 Å². The molecule has 3 N–H and O–H groups in total. The zero-order valence-corrected chi connectivity index (χ0v) is 76.9. The van der Waals surface area contributed by atoms with E-state index in [9.17, 15) is 0 Å². The van der Waals surface area contributed by atoms with E-state index in [1.54, 1.807) is 133 Å². The lowest BCUT2D eigenvalue weighted by atomic mass is 10.4. The Balaban J connectivity index is -0.0000000764. The molecule has 0 unspecified atom stereocenters. The van der Waals surface area contributed by atoms with Gasteiger partial charge in [0.05, 0.1) is 58.8 Å². The van der Waals surface area contributed by atoms with E-state index in [0.717, 1.165) is 50.6 Å². The number of H-pyrrole nitrogens is 3. The average Bonchev–Trinajstić information content (AvgIpc) is 4.52. The Kier molecular flexibility index (Phi) is 148. The van der Waals surface area contributed by atoms with Crippen LogP contribution in [-0.4, -0.2) is 83.0 Å². The van der Waals surface area contributed by atoms with E-state index < -0.39 is 0 Å². The summed E-state index contributed by atoms with van der Waals surface area (Å²) in [6.07, 6.45) is 29.6. The van der Waals surface area contributed by atoms with Gasteiger partial charge in [0.1, 0.15) is 24.1 Å². The highest BCUT2D eigenvalue weighted by Gasteiger charge is 1.83. The van der Waals surface area contributed by atoms with E-state index in [1.165, 1.54) is 49.9 Å². The van der Waals surface area contributed by atoms with Gasteiger partial charge in [0.2, 0.25) is 0 Å². The van der Waals surface area contributed by atoms with Gasteiger partial charge >= 0.3 is 0 Å². The summed E-state index contributed by atoms with van der Waals surface area (Å²) >= 11 is 9.47. The smallest absolute Gasteiger partial charge is 0.133 e. The largest absolute Gasteiger partial charge is 0.365 e. The van der Waals surface area contributed by atoms with Crippen LogP contribution in [0.5, 0.6) is 0 Å². The van der Waals surface area contributed by atoms with Crippen molar-refractivity contribution in [3.05, 3.63) is 229 Å². The molecule has 0 radical (unpaired) electrons. The zero-order chi connectivity index (χ0) is 83.3. The van der Waals surface area contributed by atoms with E-state index in [-0.39, 0.29) is 0 Å². The van der Waals surface area contributed by atoms with E-state index in [4.69, 9.17) is 0 Å². The highest BCUT2D eigenvalue weighted by molar-refractivity contribution is 7.09. The molecule has 598 valence electrons. The van der Waals surface area contributed by atoms with Crippen LogP contribution >= 0.6 is 68.6 Å². The third-order valence-corrected chi connectivity index (χ3v) is 11.7. The van der Waals surface area contributed by atoms with Crippen molar-refractivity contribution in [1.82, 2.24) is 83.0 Å². The third-order valence-electron chi connectivity index (χ3n) is 7.59. The topological polar surface area (TPSA) is 259 Å². The molecule has 0 saturated carbocycles. The van der Waals surface area contributed by atoms with Crippen LogP contribution in [0, 0.1) is 83.1 Å². The quantitative estimate of drug-likeness (QED) is 0.127. The standard InChI is InChI=1S/4C4H6N2.3C4H5NO.6C4H5NS.13C2H6/c2*1-4-2-5-3-6-4;1-6-3-2-5-4-6;1-4-5-2-3-6-4;1-4-2-5-6-3-4;1-4-2-3-6-5-4;1-4-2-3-5-6-4;1-4-2-6-3-5-4;1-4-2-5-3-6-4;1-4-2-5-6-3-4;1-4-5-2-3-6-4;1-4-2-3-6-5-4;1-4-2-3-5-6-4;13*1-2/h2*2-3H,1H3,(H,5,6);2-4H,1H3;2-3H,1H3,(H,5,6);9*2-3H,1H3;13*1-2H3. The summed E-state index contributed by atoms with van der Waals surface area (Å²) in [5.41, 5.74) is 11.3. The number of aromatic nitrogens is 17. The maximum Gasteiger partial charge on any atom is 0.133 e. The second-order valence-corrected chi connectivity index (χ2v) is 20.4.